The first-order valence-corrected chi connectivity index (χ1v) is 7.04. The molecule has 0 N–H and O–H groups in total. The first-order valence-electron chi connectivity index (χ1n) is 5.12. The molecule has 0 saturated heterocycles. The SMILES string of the molecule is C=C(C)C=C[Si](N(C)C)(N(C)C)N(C)C. The molecule has 0 atom stereocenters. The molecule has 0 aromatic rings. The van der Waals surface area contributed by atoms with Gasteiger partial charge in [-0.3, -0.25) is 0 Å². The van der Waals surface area contributed by atoms with E-state index in [1.54, 1.807) is 0 Å². The van der Waals surface area contributed by atoms with Gasteiger partial charge in [-0.1, -0.05) is 23.9 Å². The Morgan fingerprint density at radius 2 is 1.27 bits per heavy atom. The Morgan fingerprint density at radius 1 is 0.933 bits per heavy atom. The van der Waals surface area contributed by atoms with Gasteiger partial charge in [-0.05, 0) is 49.2 Å². The Morgan fingerprint density at radius 3 is 1.47 bits per heavy atom. The Bertz CT molecular complexity index is 222. The molecule has 0 aliphatic carbocycles. The van der Waals surface area contributed by atoms with Gasteiger partial charge in [0.05, 0.1) is 0 Å². The number of allylic oxidation sites excluding steroid dienone is 2. The van der Waals surface area contributed by atoms with E-state index in [9.17, 15) is 0 Å². The minimum absolute atomic E-state index is 1.09. The number of rotatable bonds is 5. The van der Waals surface area contributed by atoms with E-state index in [4.69, 9.17) is 0 Å². The standard InChI is InChI=1S/C11H25N3Si/c1-11(2)9-10-15(12(3)4,13(5)6)14(7)8/h9-10H,1H2,2-8H3. The molecular formula is C11H25N3Si. The van der Waals surface area contributed by atoms with Crippen LogP contribution in [0.15, 0.2) is 23.9 Å². The summed E-state index contributed by atoms with van der Waals surface area (Å²) in [6.45, 7) is 5.94. The number of hydrogen-bond acceptors (Lipinski definition) is 3. The average molecular weight is 227 g/mol. The van der Waals surface area contributed by atoms with E-state index in [1.807, 2.05) is 6.92 Å². The molecule has 0 radical (unpaired) electrons. The van der Waals surface area contributed by atoms with Gasteiger partial charge in [0, 0.05) is 0 Å². The van der Waals surface area contributed by atoms with Crippen LogP contribution in [0.25, 0.3) is 0 Å². The lowest BCUT2D eigenvalue weighted by Crippen LogP contribution is -2.68. The Balaban J connectivity index is 5.23. The van der Waals surface area contributed by atoms with Gasteiger partial charge in [0.15, 0.2) is 0 Å². The molecule has 0 aliphatic rings. The molecule has 0 rings (SSSR count). The molecule has 4 heteroatoms. The first-order chi connectivity index (χ1) is 6.75. The summed E-state index contributed by atoms with van der Waals surface area (Å²) in [6.07, 6.45) is 2.12. The Labute approximate surface area is 95.9 Å². The molecule has 0 spiro atoms. The molecule has 0 aliphatic heterocycles. The van der Waals surface area contributed by atoms with Gasteiger partial charge in [-0.25, -0.2) is 0 Å². The maximum atomic E-state index is 3.92. The van der Waals surface area contributed by atoms with Crippen LogP contribution in [0, 0.1) is 0 Å². The summed E-state index contributed by atoms with van der Waals surface area (Å²) in [4.78, 5) is 0. The molecule has 3 nitrogen and oxygen atoms in total. The highest BCUT2D eigenvalue weighted by molar-refractivity contribution is 6.76. The summed E-state index contributed by atoms with van der Waals surface area (Å²) in [5.74, 6) is 0. The predicted molar refractivity (Wildman–Crippen MR) is 70.8 cm³/mol. The summed E-state index contributed by atoms with van der Waals surface area (Å²) in [7, 11) is 11.0. The normalized spacial score (nSPS) is 13.5. The van der Waals surface area contributed by atoms with Crippen molar-refractivity contribution in [2.75, 3.05) is 42.3 Å². The summed E-state index contributed by atoms with van der Waals surface area (Å²) < 4.78 is 6.94. The summed E-state index contributed by atoms with van der Waals surface area (Å²) >= 11 is 0. The minimum Gasteiger partial charge on any atom is -0.302 e. The van der Waals surface area contributed by atoms with E-state index in [0.29, 0.717) is 0 Å². The van der Waals surface area contributed by atoms with Crippen LogP contribution in [-0.2, 0) is 0 Å². The summed E-state index contributed by atoms with van der Waals surface area (Å²) in [5.41, 5.74) is 3.40. The molecule has 15 heavy (non-hydrogen) atoms. The topological polar surface area (TPSA) is 9.72 Å². The molecule has 0 aromatic heterocycles. The minimum atomic E-state index is -1.83. The number of nitrogens with zero attached hydrogens (tertiary/aromatic N) is 3. The van der Waals surface area contributed by atoms with Crippen molar-refractivity contribution in [2.45, 2.75) is 6.92 Å². The number of hydrogen-bond donors (Lipinski definition) is 0. The quantitative estimate of drug-likeness (QED) is 0.517. The van der Waals surface area contributed by atoms with Crippen LogP contribution in [0.4, 0.5) is 0 Å². The Kier molecular flexibility index (Phi) is 5.45. The van der Waals surface area contributed by atoms with Crippen LogP contribution in [0.2, 0.25) is 0 Å². The summed E-state index contributed by atoms with van der Waals surface area (Å²) in [5, 5.41) is 0. The third-order valence-corrected chi connectivity index (χ3v) is 7.13. The van der Waals surface area contributed by atoms with Gasteiger partial charge in [-0.2, -0.15) is 0 Å². The third kappa shape index (κ3) is 3.27. The predicted octanol–water partition coefficient (Wildman–Crippen LogP) is 1.28. The average Bonchev–Trinajstić information content (AvgIpc) is 2.02. The summed E-state index contributed by atoms with van der Waals surface area (Å²) in [6, 6.07) is 0. The Hall–Kier alpha value is -0.423. The zero-order valence-corrected chi connectivity index (χ0v) is 12.2. The second kappa shape index (κ2) is 5.60. The maximum Gasteiger partial charge on any atom is 0.314 e. The van der Waals surface area contributed by atoms with E-state index >= 15 is 0 Å². The van der Waals surface area contributed by atoms with Crippen molar-refractivity contribution in [3.63, 3.8) is 0 Å². The first kappa shape index (κ1) is 14.6. The second-order valence-electron chi connectivity index (χ2n) is 4.55. The molecule has 0 heterocycles. The fourth-order valence-electron chi connectivity index (χ4n) is 1.90. The van der Waals surface area contributed by atoms with Crippen LogP contribution in [-0.4, -0.2) is 64.5 Å². The lowest BCUT2D eigenvalue weighted by atomic mass is 10.4. The molecule has 88 valence electrons. The molecule has 0 amide bonds. The van der Waals surface area contributed by atoms with Gasteiger partial charge < -0.3 is 13.7 Å². The van der Waals surface area contributed by atoms with Crippen LogP contribution in [0.3, 0.4) is 0 Å². The fourth-order valence-corrected chi connectivity index (χ4v) is 5.70. The van der Waals surface area contributed by atoms with Crippen LogP contribution < -0.4 is 0 Å². The van der Waals surface area contributed by atoms with E-state index < -0.39 is 8.56 Å². The van der Waals surface area contributed by atoms with Gasteiger partial charge in [0.25, 0.3) is 0 Å². The molecule has 0 fully saturated rings. The highest BCUT2D eigenvalue weighted by atomic mass is 28.4. The monoisotopic (exact) mass is 227 g/mol. The molecule has 0 aromatic carbocycles. The van der Waals surface area contributed by atoms with Gasteiger partial charge in [0.2, 0.25) is 0 Å². The van der Waals surface area contributed by atoms with E-state index in [-0.39, 0.29) is 0 Å². The van der Waals surface area contributed by atoms with Crippen LogP contribution in [0.1, 0.15) is 6.92 Å². The van der Waals surface area contributed by atoms with Crippen molar-refractivity contribution >= 4 is 8.56 Å². The lowest BCUT2D eigenvalue weighted by Gasteiger charge is -2.44. The molecular weight excluding hydrogens is 202 g/mol. The van der Waals surface area contributed by atoms with Crippen molar-refractivity contribution in [2.24, 2.45) is 0 Å². The van der Waals surface area contributed by atoms with E-state index in [1.165, 1.54) is 0 Å². The van der Waals surface area contributed by atoms with Crippen LogP contribution >= 0.6 is 0 Å². The zero-order valence-electron chi connectivity index (χ0n) is 11.2. The maximum absolute atomic E-state index is 3.92. The molecule has 0 unspecified atom stereocenters. The van der Waals surface area contributed by atoms with Crippen molar-refractivity contribution in [1.29, 1.82) is 0 Å². The third-order valence-electron chi connectivity index (χ3n) is 2.57. The van der Waals surface area contributed by atoms with Crippen molar-refractivity contribution in [3.8, 4) is 0 Å². The highest BCUT2D eigenvalue weighted by Gasteiger charge is 2.39. The molecule has 0 bridgehead atoms. The van der Waals surface area contributed by atoms with Crippen molar-refractivity contribution in [1.82, 2.24) is 13.7 Å². The fraction of sp³-hybridized carbons (Fsp3) is 0.636. The van der Waals surface area contributed by atoms with Crippen LogP contribution in [0.5, 0.6) is 0 Å². The van der Waals surface area contributed by atoms with Gasteiger partial charge in [0.1, 0.15) is 0 Å². The lowest BCUT2D eigenvalue weighted by molar-refractivity contribution is 0.395. The highest BCUT2D eigenvalue weighted by Crippen LogP contribution is 2.14. The smallest absolute Gasteiger partial charge is 0.302 e. The van der Waals surface area contributed by atoms with Crippen molar-refractivity contribution in [3.05, 3.63) is 23.9 Å². The van der Waals surface area contributed by atoms with Crippen molar-refractivity contribution < 1.29 is 0 Å². The zero-order chi connectivity index (χ0) is 12.2. The van der Waals surface area contributed by atoms with Gasteiger partial charge in [-0.15, -0.1) is 0 Å². The van der Waals surface area contributed by atoms with Gasteiger partial charge >= 0.3 is 8.56 Å². The largest absolute Gasteiger partial charge is 0.314 e. The molecule has 0 saturated carbocycles. The second-order valence-corrected chi connectivity index (χ2v) is 8.94. The van der Waals surface area contributed by atoms with E-state index in [0.717, 1.165) is 5.57 Å². The van der Waals surface area contributed by atoms with E-state index in [2.05, 4.69) is 74.3 Å².